The summed E-state index contributed by atoms with van der Waals surface area (Å²) < 4.78 is 11.0. The molecule has 112 valence electrons. The van der Waals surface area contributed by atoms with Crippen molar-refractivity contribution in [2.75, 3.05) is 33.9 Å². The van der Waals surface area contributed by atoms with E-state index in [0.29, 0.717) is 18.4 Å². The van der Waals surface area contributed by atoms with E-state index in [2.05, 4.69) is 20.2 Å². The van der Waals surface area contributed by atoms with Crippen LogP contribution in [-0.4, -0.2) is 49.7 Å². The van der Waals surface area contributed by atoms with Gasteiger partial charge < -0.3 is 19.4 Å². The first-order valence-corrected chi connectivity index (χ1v) is 7.02. The van der Waals surface area contributed by atoms with Crippen molar-refractivity contribution in [3.05, 3.63) is 17.3 Å². The van der Waals surface area contributed by atoms with Gasteiger partial charge >= 0.3 is 0 Å². The zero-order valence-electron chi connectivity index (χ0n) is 12.8. The summed E-state index contributed by atoms with van der Waals surface area (Å²) in [5, 5.41) is 3.28. The van der Waals surface area contributed by atoms with E-state index in [1.54, 1.807) is 7.05 Å². The lowest BCUT2D eigenvalue weighted by atomic mass is 10.1. The van der Waals surface area contributed by atoms with E-state index in [-0.39, 0.29) is 0 Å². The number of nitrogens with one attached hydrogen (secondary N) is 1. The maximum atomic E-state index is 5.56. The molecule has 1 unspecified atom stereocenters. The van der Waals surface area contributed by atoms with Crippen LogP contribution in [0, 0.1) is 19.8 Å². The highest BCUT2D eigenvalue weighted by molar-refractivity contribution is 5.79. The van der Waals surface area contributed by atoms with Gasteiger partial charge in [-0.2, -0.15) is 0 Å². The Morgan fingerprint density at radius 2 is 2.30 bits per heavy atom. The molecule has 0 amide bonds. The van der Waals surface area contributed by atoms with Crippen LogP contribution in [0.3, 0.4) is 0 Å². The lowest BCUT2D eigenvalue weighted by Gasteiger charge is -2.24. The average molecular weight is 280 g/mol. The van der Waals surface area contributed by atoms with Crippen LogP contribution in [0.1, 0.15) is 23.8 Å². The Kier molecular flexibility index (Phi) is 5.00. The standard InChI is InChI=1S/C14H24N4O2/c1-10-11(2)20-13(17-10)7-16-14(15-3)18(4)8-12-5-6-19-9-12/h12H,5-9H2,1-4H3,(H,15,16). The molecule has 1 aliphatic heterocycles. The van der Waals surface area contributed by atoms with Crippen molar-refractivity contribution in [2.24, 2.45) is 10.9 Å². The zero-order chi connectivity index (χ0) is 14.5. The Hall–Kier alpha value is -1.56. The molecule has 1 N–H and O–H groups in total. The zero-order valence-corrected chi connectivity index (χ0v) is 12.8. The fraction of sp³-hybridized carbons (Fsp3) is 0.714. The predicted molar refractivity (Wildman–Crippen MR) is 77.7 cm³/mol. The maximum absolute atomic E-state index is 5.56. The molecular weight excluding hydrogens is 256 g/mol. The summed E-state index contributed by atoms with van der Waals surface area (Å²) in [4.78, 5) is 10.8. The van der Waals surface area contributed by atoms with E-state index in [4.69, 9.17) is 9.15 Å². The smallest absolute Gasteiger partial charge is 0.214 e. The molecule has 2 rings (SSSR count). The molecule has 1 atom stereocenters. The van der Waals surface area contributed by atoms with Crippen LogP contribution in [0.15, 0.2) is 9.41 Å². The molecule has 6 heteroatoms. The third-order valence-electron chi connectivity index (χ3n) is 3.60. The summed E-state index contributed by atoms with van der Waals surface area (Å²) in [6.07, 6.45) is 1.12. The van der Waals surface area contributed by atoms with Crippen LogP contribution in [0.4, 0.5) is 0 Å². The van der Waals surface area contributed by atoms with Crippen molar-refractivity contribution < 1.29 is 9.15 Å². The number of oxazole rings is 1. The summed E-state index contributed by atoms with van der Waals surface area (Å²) in [5.74, 6) is 3.00. The SMILES string of the molecule is CN=C(NCc1nc(C)c(C)o1)N(C)CC1CCOC1. The normalized spacial score (nSPS) is 19.4. The van der Waals surface area contributed by atoms with Crippen molar-refractivity contribution >= 4 is 5.96 Å². The molecule has 2 heterocycles. The van der Waals surface area contributed by atoms with Crippen LogP contribution in [0.5, 0.6) is 0 Å². The van der Waals surface area contributed by atoms with E-state index in [0.717, 1.165) is 43.6 Å². The van der Waals surface area contributed by atoms with Gasteiger partial charge in [-0.05, 0) is 20.3 Å². The Balaban J connectivity index is 1.85. The third kappa shape index (κ3) is 3.72. The molecule has 1 aromatic rings. The molecule has 0 aromatic carbocycles. The van der Waals surface area contributed by atoms with Crippen LogP contribution >= 0.6 is 0 Å². The molecule has 1 aromatic heterocycles. The molecule has 6 nitrogen and oxygen atoms in total. The van der Waals surface area contributed by atoms with Crippen molar-refractivity contribution in [3.8, 4) is 0 Å². The summed E-state index contributed by atoms with van der Waals surface area (Å²) in [7, 11) is 3.83. The highest BCUT2D eigenvalue weighted by Gasteiger charge is 2.19. The summed E-state index contributed by atoms with van der Waals surface area (Å²) >= 11 is 0. The fourth-order valence-corrected chi connectivity index (χ4v) is 2.36. The Bertz CT molecular complexity index is 444. The first kappa shape index (κ1) is 14.8. The van der Waals surface area contributed by atoms with Crippen molar-refractivity contribution in [2.45, 2.75) is 26.8 Å². The number of hydrogen-bond acceptors (Lipinski definition) is 4. The highest BCUT2D eigenvalue weighted by atomic mass is 16.5. The van der Waals surface area contributed by atoms with Crippen LogP contribution in [0.2, 0.25) is 0 Å². The van der Waals surface area contributed by atoms with E-state index in [1.165, 1.54) is 0 Å². The minimum atomic E-state index is 0.548. The predicted octanol–water partition coefficient (Wildman–Crippen LogP) is 1.34. The van der Waals surface area contributed by atoms with Crippen LogP contribution < -0.4 is 5.32 Å². The Labute approximate surface area is 120 Å². The van der Waals surface area contributed by atoms with Gasteiger partial charge in [0.15, 0.2) is 5.96 Å². The number of rotatable bonds is 4. The molecule has 0 aliphatic carbocycles. The fourth-order valence-electron chi connectivity index (χ4n) is 2.36. The number of nitrogens with zero attached hydrogens (tertiary/aromatic N) is 3. The monoisotopic (exact) mass is 280 g/mol. The van der Waals surface area contributed by atoms with Gasteiger partial charge in [-0.3, -0.25) is 4.99 Å². The van der Waals surface area contributed by atoms with Gasteiger partial charge in [-0.1, -0.05) is 0 Å². The van der Waals surface area contributed by atoms with Crippen LogP contribution in [-0.2, 0) is 11.3 Å². The first-order chi connectivity index (χ1) is 9.60. The molecule has 1 aliphatic rings. The second-order valence-corrected chi connectivity index (χ2v) is 5.26. The van der Waals surface area contributed by atoms with E-state index in [1.807, 2.05) is 20.9 Å². The Morgan fingerprint density at radius 3 is 2.85 bits per heavy atom. The molecule has 0 bridgehead atoms. The van der Waals surface area contributed by atoms with Crippen LogP contribution in [0.25, 0.3) is 0 Å². The number of hydrogen-bond donors (Lipinski definition) is 1. The van der Waals surface area contributed by atoms with E-state index >= 15 is 0 Å². The van der Waals surface area contributed by atoms with Crippen molar-refractivity contribution in [1.82, 2.24) is 15.2 Å². The molecule has 0 radical (unpaired) electrons. The van der Waals surface area contributed by atoms with Gasteiger partial charge in [-0.15, -0.1) is 0 Å². The molecular formula is C14H24N4O2. The van der Waals surface area contributed by atoms with Gasteiger partial charge in [0.25, 0.3) is 0 Å². The van der Waals surface area contributed by atoms with Gasteiger partial charge in [0.1, 0.15) is 5.76 Å². The lowest BCUT2D eigenvalue weighted by Crippen LogP contribution is -2.41. The second kappa shape index (κ2) is 6.74. The molecule has 1 saturated heterocycles. The minimum Gasteiger partial charge on any atom is -0.444 e. The average Bonchev–Trinajstić information content (AvgIpc) is 3.01. The summed E-state index contributed by atoms with van der Waals surface area (Å²) in [5.41, 5.74) is 0.938. The molecule has 0 spiro atoms. The second-order valence-electron chi connectivity index (χ2n) is 5.26. The topological polar surface area (TPSA) is 62.9 Å². The quantitative estimate of drug-likeness (QED) is 0.666. The van der Waals surface area contributed by atoms with Gasteiger partial charge in [0, 0.05) is 33.2 Å². The number of aromatic nitrogens is 1. The van der Waals surface area contributed by atoms with Gasteiger partial charge in [0.05, 0.1) is 18.8 Å². The largest absolute Gasteiger partial charge is 0.444 e. The van der Waals surface area contributed by atoms with E-state index < -0.39 is 0 Å². The van der Waals surface area contributed by atoms with Crippen molar-refractivity contribution in [3.63, 3.8) is 0 Å². The van der Waals surface area contributed by atoms with Gasteiger partial charge in [-0.25, -0.2) is 4.98 Å². The Morgan fingerprint density at radius 1 is 1.50 bits per heavy atom. The number of aliphatic imine (C=N–C) groups is 1. The van der Waals surface area contributed by atoms with Gasteiger partial charge in [0.2, 0.25) is 5.89 Å². The maximum Gasteiger partial charge on any atom is 0.214 e. The van der Waals surface area contributed by atoms with Crippen molar-refractivity contribution in [1.29, 1.82) is 0 Å². The summed E-state index contributed by atoms with van der Waals surface area (Å²) in [6, 6.07) is 0. The summed E-state index contributed by atoms with van der Waals surface area (Å²) in [6.45, 7) is 7.09. The minimum absolute atomic E-state index is 0.548. The molecule has 1 fully saturated rings. The highest BCUT2D eigenvalue weighted by Crippen LogP contribution is 2.13. The number of aryl methyl sites for hydroxylation is 2. The third-order valence-corrected chi connectivity index (χ3v) is 3.60. The molecule has 20 heavy (non-hydrogen) atoms. The number of guanidine groups is 1. The molecule has 0 saturated carbocycles. The first-order valence-electron chi connectivity index (χ1n) is 7.02. The van der Waals surface area contributed by atoms with E-state index in [9.17, 15) is 0 Å². The number of ether oxygens (including phenoxy) is 1. The lowest BCUT2D eigenvalue weighted by molar-refractivity contribution is 0.181.